The van der Waals surface area contributed by atoms with Crippen molar-refractivity contribution in [2.45, 2.75) is 57.9 Å². The van der Waals surface area contributed by atoms with Crippen LogP contribution in [0.4, 0.5) is 0 Å². The molecule has 166 valence electrons. The Hall–Kier alpha value is -2.87. The van der Waals surface area contributed by atoms with Crippen LogP contribution in [-0.4, -0.2) is 58.3 Å². The number of hydrogen-bond acceptors (Lipinski definition) is 5. The van der Waals surface area contributed by atoms with Crippen LogP contribution in [0.3, 0.4) is 0 Å². The summed E-state index contributed by atoms with van der Waals surface area (Å²) in [6.07, 6.45) is 5.00. The van der Waals surface area contributed by atoms with E-state index in [0.717, 1.165) is 16.9 Å². The lowest BCUT2D eigenvalue weighted by molar-refractivity contribution is -0.147. The number of methoxy groups -OCH3 is 1. The zero-order valence-corrected chi connectivity index (χ0v) is 18.4. The van der Waals surface area contributed by atoms with E-state index in [2.05, 4.69) is 35.6 Å². The Balaban J connectivity index is 1.39. The Bertz CT molecular complexity index is 927. The van der Waals surface area contributed by atoms with Gasteiger partial charge in [0.05, 0.1) is 13.7 Å². The van der Waals surface area contributed by atoms with Crippen molar-refractivity contribution < 1.29 is 14.3 Å². The third kappa shape index (κ3) is 4.74. The van der Waals surface area contributed by atoms with Gasteiger partial charge in [0.2, 0.25) is 11.8 Å². The molecule has 0 saturated carbocycles. The SMILES string of the molecule is COc1ccc(CN[C@H]2C[C@H]3C(=O)N[C@H](CC(C)C)C(=O)N3C2)cc1Cn1cccn1. The normalized spacial score (nSPS) is 23.2. The van der Waals surface area contributed by atoms with Crippen LogP contribution >= 0.6 is 0 Å². The van der Waals surface area contributed by atoms with Gasteiger partial charge in [0.1, 0.15) is 17.8 Å². The van der Waals surface area contributed by atoms with E-state index in [-0.39, 0.29) is 23.9 Å². The summed E-state index contributed by atoms with van der Waals surface area (Å²) in [4.78, 5) is 27.1. The summed E-state index contributed by atoms with van der Waals surface area (Å²) >= 11 is 0. The average Bonchev–Trinajstić information content (AvgIpc) is 3.40. The molecule has 1 aromatic heterocycles. The van der Waals surface area contributed by atoms with Crippen LogP contribution < -0.4 is 15.4 Å². The standard InChI is InChI=1S/C23H31N5O3/c1-15(2)9-19-23(30)28-14-18(11-20(28)22(29)26-19)24-12-16-5-6-21(31-3)17(10-16)13-27-8-4-7-25-27/h4-8,10,15,18-20,24H,9,11-14H2,1-3H3,(H,26,29)/t18-,19+,20-/m0/s1. The molecule has 2 amide bonds. The van der Waals surface area contributed by atoms with Gasteiger partial charge in [-0.05, 0) is 42.5 Å². The minimum atomic E-state index is -0.394. The number of rotatable bonds is 8. The predicted octanol–water partition coefficient (Wildman–Crippen LogP) is 1.54. The molecule has 3 atom stereocenters. The Labute approximate surface area is 182 Å². The van der Waals surface area contributed by atoms with Crippen molar-refractivity contribution in [1.82, 2.24) is 25.3 Å². The number of aromatic nitrogens is 2. The zero-order valence-electron chi connectivity index (χ0n) is 18.4. The third-order valence-corrected chi connectivity index (χ3v) is 6.04. The molecule has 2 aromatic rings. The van der Waals surface area contributed by atoms with Crippen LogP contribution in [0.2, 0.25) is 0 Å². The lowest BCUT2D eigenvalue weighted by atomic mass is 9.99. The summed E-state index contributed by atoms with van der Waals surface area (Å²) < 4.78 is 7.36. The molecule has 31 heavy (non-hydrogen) atoms. The fraction of sp³-hybridized carbons (Fsp3) is 0.522. The van der Waals surface area contributed by atoms with Gasteiger partial charge in [0.15, 0.2) is 0 Å². The molecule has 0 unspecified atom stereocenters. The highest BCUT2D eigenvalue weighted by molar-refractivity contribution is 5.97. The van der Waals surface area contributed by atoms with Crippen molar-refractivity contribution >= 4 is 11.8 Å². The second-order valence-corrected chi connectivity index (χ2v) is 8.86. The second kappa shape index (κ2) is 9.09. The first kappa shape index (κ1) is 21.4. The van der Waals surface area contributed by atoms with Gasteiger partial charge in [-0.25, -0.2) is 0 Å². The highest BCUT2D eigenvalue weighted by Crippen LogP contribution is 2.26. The van der Waals surface area contributed by atoms with E-state index in [4.69, 9.17) is 4.74 Å². The molecule has 0 radical (unpaired) electrons. The first-order valence-corrected chi connectivity index (χ1v) is 10.9. The molecule has 3 heterocycles. The molecular formula is C23H31N5O3. The minimum absolute atomic E-state index is 0.0273. The number of nitrogens with one attached hydrogen (secondary N) is 2. The van der Waals surface area contributed by atoms with E-state index in [0.29, 0.717) is 38.4 Å². The number of benzene rings is 1. The van der Waals surface area contributed by atoms with Crippen molar-refractivity contribution in [3.8, 4) is 5.75 Å². The molecular weight excluding hydrogens is 394 g/mol. The summed E-state index contributed by atoms with van der Waals surface area (Å²) in [5, 5.41) is 10.7. The number of carbonyl (C=O) groups is 2. The second-order valence-electron chi connectivity index (χ2n) is 8.86. The van der Waals surface area contributed by atoms with Gasteiger partial charge in [-0.3, -0.25) is 14.3 Å². The molecule has 2 fully saturated rings. The topological polar surface area (TPSA) is 88.5 Å². The number of nitrogens with zero attached hydrogens (tertiary/aromatic N) is 3. The molecule has 2 aliphatic rings. The summed E-state index contributed by atoms with van der Waals surface area (Å²) in [7, 11) is 1.67. The summed E-state index contributed by atoms with van der Waals surface area (Å²) in [5.41, 5.74) is 2.18. The maximum Gasteiger partial charge on any atom is 0.245 e. The molecule has 0 bridgehead atoms. The van der Waals surface area contributed by atoms with E-state index < -0.39 is 6.04 Å². The molecule has 8 heteroatoms. The molecule has 1 aromatic carbocycles. The van der Waals surface area contributed by atoms with Gasteiger partial charge in [0, 0.05) is 37.1 Å². The van der Waals surface area contributed by atoms with Gasteiger partial charge in [-0.1, -0.05) is 19.9 Å². The highest BCUT2D eigenvalue weighted by Gasteiger charge is 2.46. The van der Waals surface area contributed by atoms with Crippen molar-refractivity contribution in [3.63, 3.8) is 0 Å². The van der Waals surface area contributed by atoms with Gasteiger partial charge in [-0.2, -0.15) is 5.10 Å². The fourth-order valence-corrected chi connectivity index (χ4v) is 4.53. The summed E-state index contributed by atoms with van der Waals surface area (Å²) in [6.45, 7) is 5.99. The van der Waals surface area contributed by atoms with E-state index >= 15 is 0 Å². The lowest BCUT2D eigenvalue weighted by Gasteiger charge is -2.35. The lowest BCUT2D eigenvalue weighted by Crippen LogP contribution is -2.61. The van der Waals surface area contributed by atoms with E-state index in [1.165, 1.54) is 0 Å². The van der Waals surface area contributed by atoms with E-state index in [1.54, 1.807) is 18.2 Å². The molecule has 2 N–H and O–H groups in total. The van der Waals surface area contributed by atoms with Crippen LogP contribution in [0, 0.1) is 5.92 Å². The molecule has 8 nitrogen and oxygen atoms in total. The van der Waals surface area contributed by atoms with Crippen LogP contribution in [0.25, 0.3) is 0 Å². The fourth-order valence-electron chi connectivity index (χ4n) is 4.53. The maximum atomic E-state index is 12.8. The predicted molar refractivity (Wildman–Crippen MR) is 116 cm³/mol. The average molecular weight is 426 g/mol. The first-order valence-electron chi connectivity index (χ1n) is 10.9. The van der Waals surface area contributed by atoms with Gasteiger partial charge >= 0.3 is 0 Å². The molecule has 2 saturated heterocycles. The smallest absolute Gasteiger partial charge is 0.245 e. The Morgan fingerprint density at radius 1 is 1.32 bits per heavy atom. The number of hydrogen-bond donors (Lipinski definition) is 2. The highest BCUT2D eigenvalue weighted by atomic mass is 16.5. The minimum Gasteiger partial charge on any atom is -0.496 e. The van der Waals surface area contributed by atoms with Crippen LogP contribution in [0.1, 0.15) is 37.8 Å². The third-order valence-electron chi connectivity index (χ3n) is 6.04. The molecule has 4 rings (SSSR count). The number of piperazine rings is 1. The number of amides is 2. The molecule has 2 aliphatic heterocycles. The van der Waals surface area contributed by atoms with Crippen molar-refractivity contribution in [2.75, 3.05) is 13.7 Å². The maximum absolute atomic E-state index is 12.8. The van der Waals surface area contributed by atoms with E-state index in [1.807, 2.05) is 29.1 Å². The Kier molecular flexibility index (Phi) is 6.27. The quantitative estimate of drug-likeness (QED) is 0.670. The summed E-state index contributed by atoms with van der Waals surface area (Å²) in [6, 6.07) is 7.36. The number of carbonyl (C=O) groups excluding carboxylic acids is 2. The van der Waals surface area contributed by atoms with Gasteiger partial charge in [-0.15, -0.1) is 0 Å². The van der Waals surface area contributed by atoms with Crippen LogP contribution in [-0.2, 0) is 22.7 Å². The van der Waals surface area contributed by atoms with Gasteiger partial charge < -0.3 is 20.3 Å². The van der Waals surface area contributed by atoms with Crippen LogP contribution in [0.5, 0.6) is 5.75 Å². The molecule has 0 aliphatic carbocycles. The first-order chi connectivity index (χ1) is 14.9. The van der Waals surface area contributed by atoms with Crippen LogP contribution in [0.15, 0.2) is 36.7 Å². The Morgan fingerprint density at radius 3 is 2.87 bits per heavy atom. The monoisotopic (exact) mass is 425 g/mol. The number of ether oxygens (including phenoxy) is 1. The Morgan fingerprint density at radius 2 is 2.16 bits per heavy atom. The summed E-state index contributed by atoms with van der Waals surface area (Å²) in [5.74, 6) is 1.21. The zero-order chi connectivity index (χ0) is 22.0. The molecule has 0 spiro atoms. The van der Waals surface area contributed by atoms with E-state index in [9.17, 15) is 9.59 Å². The van der Waals surface area contributed by atoms with Crippen molar-refractivity contribution in [1.29, 1.82) is 0 Å². The van der Waals surface area contributed by atoms with Gasteiger partial charge in [0.25, 0.3) is 0 Å². The number of fused-ring (bicyclic) bond motifs is 1. The van der Waals surface area contributed by atoms with Crippen molar-refractivity contribution in [2.24, 2.45) is 5.92 Å². The largest absolute Gasteiger partial charge is 0.496 e. The van der Waals surface area contributed by atoms with Crippen molar-refractivity contribution in [3.05, 3.63) is 47.8 Å².